The van der Waals surface area contributed by atoms with E-state index >= 15 is 70.2 Å². The van der Waals surface area contributed by atoms with Gasteiger partial charge in [-0.2, -0.15) is 0 Å². The van der Waals surface area contributed by atoms with Crippen molar-refractivity contribution in [2.24, 2.45) is 0 Å². The minimum atomic E-state index is -3.15. The fraction of sp³-hybridized carbons (Fsp3) is 0. The van der Waals surface area contributed by atoms with Gasteiger partial charge in [0.15, 0.2) is 93.1 Å². The Hall–Kier alpha value is -6.53. The van der Waals surface area contributed by atoms with Crippen LogP contribution < -0.4 is 37.2 Å². The number of aromatic nitrogens is 4. The van der Waals surface area contributed by atoms with Gasteiger partial charge in [-0.15, -0.1) is 0 Å². The summed E-state index contributed by atoms with van der Waals surface area (Å²) in [6, 6.07) is 5.15. The summed E-state index contributed by atoms with van der Waals surface area (Å²) in [5, 5.41) is 0. The molecule has 0 amide bonds. The van der Waals surface area contributed by atoms with E-state index in [0.29, 0.717) is 6.08 Å². The molecule has 4 nitrogen and oxygen atoms in total. The van der Waals surface area contributed by atoms with Crippen molar-refractivity contribution in [1.29, 1.82) is 0 Å². The van der Waals surface area contributed by atoms with E-state index in [4.69, 9.17) is 0 Å². The third-order valence-corrected chi connectivity index (χ3v) is 10.5. The van der Waals surface area contributed by atoms with Crippen LogP contribution in [0, 0.1) is 116 Å². The van der Waals surface area contributed by atoms with Crippen LogP contribution in [-0.4, -0.2) is 19.5 Å². The third-order valence-electron chi connectivity index (χ3n) is 10.5. The Balaban J connectivity index is 0.00000241. The van der Waals surface area contributed by atoms with Gasteiger partial charge in [0.05, 0.1) is 50.5 Å². The van der Waals surface area contributed by atoms with Gasteiger partial charge < -0.3 is 46.8 Å². The number of nitrogens with zero attached hydrogens (tertiary/aromatic N) is 3. The van der Waals surface area contributed by atoms with Crippen molar-refractivity contribution >= 4 is 46.4 Å². The number of hydrogen-bond acceptors (Lipinski definition) is 2. The molecule has 1 radical (unpaired) electrons. The maximum atomic E-state index is 16.5. The molecule has 0 unspecified atom stereocenters. The maximum absolute atomic E-state index is 16.5. The molecule has 1 N–H and O–H groups in total. The molecule has 3 aromatic heterocycles. The van der Waals surface area contributed by atoms with E-state index in [2.05, 4.69) is 15.0 Å². The Morgan fingerprint density at radius 1 is 0.319 bits per heavy atom. The smallest absolute Gasteiger partial charge is 1.00 e. The van der Waals surface area contributed by atoms with Crippen molar-refractivity contribution in [3.05, 3.63) is 169 Å². The van der Waals surface area contributed by atoms with Crippen LogP contribution in [0.25, 0.3) is 85.4 Å². The van der Waals surface area contributed by atoms with Crippen molar-refractivity contribution in [2.75, 3.05) is 0 Å². The van der Waals surface area contributed by atoms with Crippen LogP contribution in [-0.2, 0) is 17.1 Å². The van der Waals surface area contributed by atoms with Gasteiger partial charge in [0, 0.05) is 27.7 Å². The van der Waals surface area contributed by atoms with E-state index < -0.39 is 188 Å². The predicted octanol–water partition coefficient (Wildman–Crippen LogP) is 4.91. The molecule has 2 aliphatic rings. The van der Waals surface area contributed by atoms with Gasteiger partial charge >= 0.3 is 17.1 Å². The summed E-state index contributed by atoms with van der Waals surface area (Å²) in [5.74, 6) is -61.3. The molecule has 9 rings (SSSR count). The molecule has 7 aromatic rings. The van der Waals surface area contributed by atoms with Crippen LogP contribution in [0.3, 0.4) is 0 Å². The summed E-state index contributed by atoms with van der Waals surface area (Å²) < 4.78 is 313. The summed E-state index contributed by atoms with van der Waals surface area (Å²) in [4.78, 5) is 10.8. The Kier molecular flexibility index (Phi) is 15.8. The van der Waals surface area contributed by atoms with Gasteiger partial charge in [0.2, 0.25) is 23.3 Å². The molecule has 0 fully saturated rings. The van der Waals surface area contributed by atoms with Crippen molar-refractivity contribution in [1.82, 2.24) is 19.5 Å². The van der Waals surface area contributed by atoms with E-state index in [1.54, 1.807) is 0 Å². The molecule has 4 aromatic carbocycles. The fourth-order valence-electron chi connectivity index (χ4n) is 7.53. The Labute approximate surface area is 415 Å². The molecule has 8 bridgehead atoms. The normalized spacial score (nSPS) is 11.6. The first-order valence-electron chi connectivity index (χ1n) is 18.3. The number of nitrogens with one attached hydrogen (secondary N) is 1. The molecule has 2 aliphatic heterocycles. The van der Waals surface area contributed by atoms with Crippen LogP contribution in [0.5, 0.6) is 0 Å². The zero-order valence-corrected chi connectivity index (χ0v) is 37.0. The van der Waals surface area contributed by atoms with E-state index in [0.717, 1.165) is 24.3 Å². The van der Waals surface area contributed by atoms with Crippen molar-refractivity contribution in [3.8, 4) is 39.1 Å². The zero-order chi connectivity index (χ0) is 49.3. The first-order valence-corrected chi connectivity index (χ1v) is 18.3. The molecular weight excluding hydrogens is 1130 g/mol. The molecule has 5 heterocycles. The number of fused-ring (bicyclic) bond motifs is 8. The first kappa shape index (κ1) is 56.4. The van der Waals surface area contributed by atoms with E-state index in [1.165, 1.54) is 18.2 Å². The first-order chi connectivity index (χ1) is 32.1. The van der Waals surface area contributed by atoms with Crippen molar-refractivity contribution in [2.45, 2.75) is 0 Å². The van der Waals surface area contributed by atoms with E-state index in [-0.39, 0.29) is 77.1 Å². The molecule has 72 heavy (non-hydrogen) atoms. The average molecular weight is 1140 g/mol. The van der Waals surface area contributed by atoms with Gasteiger partial charge in [0.1, 0.15) is 5.69 Å². The Morgan fingerprint density at radius 3 is 1.03 bits per heavy atom. The second kappa shape index (κ2) is 20.2. The van der Waals surface area contributed by atoms with Gasteiger partial charge in [0.25, 0.3) is 0 Å². The van der Waals surface area contributed by atoms with Crippen molar-refractivity contribution in [3.63, 3.8) is 0 Å². The fourth-order valence-corrected chi connectivity index (χ4v) is 7.53. The van der Waals surface area contributed by atoms with Gasteiger partial charge in [-0.1, -0.05) is 0 Å². The zero-order valence-electron chi connectivity index (χ0n) is 33.6. The molecule has 0 atom stereocenters. The number of benzene rings is 4. The number of hydrogen-bond donors (Lipinski definition) is 1. The van der Waals surface area contributed by atoms with Crippen LogP contribution in [0.2, 0.25) is 0 Å². The number of aromatic amines is 1. The predicted molar refractivity (Wildman–Crippen MR) is 199 cm³/mol. The minimum absolute atomic E-state index is 0. The summed E-state index contributed by atoms with van der Waals surface area (Å²) in [6.07, 6.45) is 3.17. The topological polar surface area (TPSA) is 46.5 Å². The third kappa shape index (κ3) is 8.33. The maximum Gasteiger partial charge on any atom is 3.00 e. The molecule has 0 spiro atoms. The van der Waals surface area contributed by atoms with E-state index in [1.807, 2.05) is 0 Å². The van der Waals surface area contributed by atoms with Gasteiger partial charge in [-0.05, 0) is 54.6 Å². The SMILES string of the molecule is Fc1c(F)c(F)c(-c2c(-c3c(F)c(F)c(F)c(F)c3F)c3c(-c4c(F)c(F)c(F)c(F)c4F)c4nc(cc5ccc(cc6nc(cc2n3-c2c(F)c(F)c(F)c(F)c2F)C=C6)[nH]5)C=C4)c(F)c1F.[Cl-].[Cl-].[Cl-].[Fe+3]. The van der Waals surface area contributed by atoms with E-state index in [9.17, 15) is 17.6 Å². The van der Waals surface area contributed by atoms with Crippen LogP contribution in [0.4, 0.5) is 87.8 Å². The van der Waals surface area contributed by atoms with Gasteiger partial charge in [-0.3, -0.25) is 0 Å². The minimum Gasteiger partial charge on any atom is -1.00 e. The monoisotopic (exact) mass is 1130 g/mol. The average Bonchev–Trinajstić information content (AvgIpc) is 4.14. The summed E-state index contributed by atoms with van der Waals surface area (Å²) in [6.45, 7) is 0. The number of H-pyrrole nitrogens is 1. The molecule has 0 saturated heterocycles. The second-order valence-electron chi connectivity index (χ2n) is 14.3. The second-order valence-corrected chi connectivity index (χ2v) is 14.3. The Morgan fingerprint density at radius 2 is 0.625 bits per heavy atom. The summed E-state index contributed by atoms with van der Waals surface area (Å²) >= 11 is 0. The molecule has 375 valence electrons. The summed E-state index contributed by atoms with van der Waals surface area (Å²) in [5.41, 5.74) is -24.1. The summed E-state index contributed by atoms with van der Waals surface area (Å²) in [7, 11) is 0. The molecule has 28 heteroatoms. The van der Waals surface area contributed by atoms with Gasteiger partial charge in [-0.25, -0.2) is 97.8 Å². The van der Waals surface area contributed by atoms with Crippen LogP contribution >= 0.6 is 0 Å². The molecular formula is C44H10Cl3F20FeN4. The quantitative estimate of drug-likeness (QED) is 0.118. The van der Waals surface area contributed by atoms with Crippen molar-refractivity contribution < 1.29 is 142 Å². The van der Waals surface area contributed by atoms with Crippen LogP contribution in [0.15, 0.2) is 30.3 Å². The Bertz CT molecular complexity index is 3610. The largest absolute Gasteiger partial charge is 3.00 e. The number of halogens is 23. The molecule has 0 aliphatic carbocycles. The molecule has 0 saturated carbocycles. The van der Waals surface area contributed by atoms with Crippen LogP contribution in [0.1, 0.15) is 22.8 Å². The number of rotatable bonds is 4. The standard InChI is InChI=1S/C44H10F20N4.3ClH.Fe/c45-23-20(24(46)30(52)35(57)29(23)51)17-15-6-5-13(67-15)8-12-2-1-10(65-12)7-11-3-4-14(66-11)9-16-18(21-25(47)31(53)36(58)32(54)26(21)48)19(22-27(49)33(55)37(59)34(56)28(22)50)43(17)68(16)44-41(63)39(61)38(60)40(62)42(44)64;;;;/h1-9,65H;3*1H;/q;;;;+3/p-3.